The topological polar surface area (TPSA) is 129 Å². The van der Waals surface area contributed by atoms with E-state index in [0.29, 0.717) is 51.9 Å². The predicted molar refractivity (Wildman–Crippen MR) is 134 cm³/mol. The van der Waals surface area contributed by atoms with Gasteiger partial charge in [-0.1, -0.05) is 26.2 Å². The van der Waals surface area contributed by atoms with Crippen molar-refractivity contribution in [2.24, 2.45) is 16.7 Å². The maximum atomic E-state index is 13.4. The fraction of sp³-hybridized carbons (Fsp3) is 0.667. The van der Waals surface area contributed by atoms with Gasteiger partial charge in [0.1, 0.15) is 0 Å². The third-order valence-corrected chi connectivity index (χ3v) is 6.99. The molecule has 0 bridgehead atoms. The Kier molecular flexibility index (Phi) is 14.4. The zero-order valence-corrected chi connectivity index (χ0v) is 21.3. The molecule has 0 radical (unpaired) electrons. The van der Waals surface area contributed by atoms with Crippen LogP contribution in [0.4, 0.5) is 0 Å². The number of hydrogen-bond donors (Lipinski definition) is 2. The first-order chi connectivity index (χ1) is 17.3. The lowest BCUT2D eigenvalue weighted by Crippen LogP contribution is -2.60. The van der Waals surface area contributed by atoms with E-state index in [4.69, 9.17) is 18.9 Å². The molecule has 0 heterocycles. The minimum absolute atomic E-state index is 0.00995. The summed E-state index contributed by atoms with van der Waals surface area (Å²) >= 11 is 0. The Morgan fingerprint density at radius 1 is 0.778 bits per heavy atom. The zero-order valence-electron chi connectivity index (χ0n) is 21.3. The second-order valence-corrected chi connectivity index (χ2v) is 9.11. The summed E-state index contributed by atoms with van der Waals surface area (Å²) in [7, 11) is 0. The van der Waals surface area contributed by atoms with Crippen molar-refractivity contribution in [1.82, 2.24) is 0 Å². The van der Waals surface area contributed by atoms with Crippen molar-refractivity contribution in [1.29, 1.82) is 0 Å². The van der Waals surface area contributed by atoms with Crippen LogP contribution in [0.5, 0.6) is 0 Å². The Bertz CT molecular complexity index is 735. The highest BCUT2D eigenvalue weighted by Crippen LogP contribution is 2.57. The van der Waals surface area contributed by atoms with Gasteiger partial charge in [0.2, 0.25) is 0 Å². The number of carboxylic acid groups (broad SMARTS) is 2. The molecule has 2 N–H and O–H groups in total. The van der Waals surface area contributed by atoms with Gasteiger partial charge in [-0.2, -0.15) is 0 Å². The summed E-state index contributed by atoms with van der Waals surface area (Å²) in [5.41, 5.74) is -3.94. The highest BCUT2D eigenvalue weighted by Gasteiger charge is 2.68. The molecule has 36 heavy (non-hydrogen) atoms. The molecule has 0 aromatic heterocycles. The number of carbonyl (C=O) groups excluding carboxylic acids is 1. The lowest BCUT2D eigenvalue weighted by Gasteiger charge is -2.49. The van der Waals surface area contributed by atoms with Gasteiger partial charge in [-0.05, 0) is 70.1 Å². The summed E-state index contributed by atoms with van der Waals surface area (Å²) in [5, 5.41) is 20.8. The summed E-state index contributed by atoms with van der Waals surface area (Å²) < 4.78 is 20.7. The SMILES string of the molecule is C=COCCCCOC(=O)C1(C(=O)O)CCC(CCCCOC=C)CC1(CCCCOC=C)C(=O)O. The minimum atomic E-state index is -2.15. The molecule has 1 aliphatic rings. The monoisotopic (exact) mass is 510 g/mol. The average Bonchev–Trinajstić information content (AvgIpc) is 2.85. The van der Waals surface area contributed by atoms with Gasteiger partial charge in [-0.25, -0.2) is 0 Å². The highest BCUT2D eigenvalue weighted by molar-refractivity contribution is 6.05. The zero-order chi connectivity index (χ0) is 26.9. The van der Waals surface area contributed by atoms with Crippen LogP contribution in [-0.4, -0.2) is 54.5 Å². The molecule has 0 amide bonds. The third-order valence-electron chi connectivity index (χ3n) is 6.99. The average molecular weight is 511 g/mol. The van der Waals surface area contributed by atoms with E-state index in [1.807, 2.05) is 0 Å². The Balaban J connectivity index is 3.12. The van der Waals surface area contributed by atoms with Gasteiger partial charge in [-0.3, -0.25) is 14.4 Å². The normalized spacial score (nSPS) is 23.2. The molecule has 1 saturated carbocycles. The molecule has 3 atom stereocenters. The van der Waals surface area contributed by atoms with Gasteiger partial charge in [-0.15, -0.1) is 0 Å². The molecule has 0 saturated heterocycles. The molecule has 3 unspecified atom stereocenters. The summed E-state index contributed by atoms with van der Waals surface area (Å²) in [4.78, 5) is 38.9. The maximum Gasteiger partial charge on any atom is 0.324 e. The highest BCUT2D eigenvalue weighted by atomic mass is 16.5. The van der Waals surface area contributed by atoms with Crippen LogP contribution in [0.25, 0.3) is 0 Å². The lowest BCUT2D eigenvalue weighted by molar-refractivity contribution is -0.198. The van der Waals surface area contributed by atoms with Crippen molar-refractivity contribution in [3.05, 3.63) is 38.5 Å². The van der Waals surface area contributed by atoms with Gasteiger partial charge in [0, 0.05) is 0 Å². The predicted octanol–water partition coefficient (Wildman–Crippen LogP) is 5.07. The number of ether oxygens (including phenoxy) is 4. The molecule has 1 fully saturated rings. The van der Waals surface area contributed by atoms with Crippen LogP contribution in [0.2, 0.25) is 0 Å². The van der Waals surface area contributed by atoms with Crippen molar-refractivity contribution >= 4 is 17.9 Å². The Hall–Kier alpha value is -2.97. The summed E-state index contributed by atoms with van der Waals surface area (Å²) in [5.74, 6) is -3.71. The molecule has 9 nitrogen and oxygen atoms in total. The van der Waals surface area contributed by atoms with Crippen LogP contribution >= 0.6 is 0 Å². The molecule has 1 aliphatic carbocycles. The van der Waals surface area contributed by atoms with E-state index < -0.39 is 28.7 Å². The van der Waals surface area contributed by atoms with Crippen LogP contribution in [0.15, 0.2) is 38.5 Å². The second-order valence-electron chi connectivity index (χ2n) is 9.11. The van der Waals surface area contributed by atoms with E-state index in [0.717, 1.165) is 19.3 Å². The molecule has 0 spiro atoms. The van der Waals surface area contributed by atoms with Crippen LogP contribution in [0.3, 0.4) is 0 Å². The van der Waals surface area contributed by atoms with E-state index in [1.165, 1.54) is 18.8 Å². The fourth-order valence-corrected chi connectivity index (χ4v) is 5.12. The van der Waals surface area contributed by atoms with E-state index in [2.05, 4.69) is 19.7 Å². The van der Waals surface area contributed by atoms with Gasteiger partial charge >= 0.3 is 17.9 Å². The van der Waals surface area contributed by atoms with Crippen molar-refractivity contribution < 1.29 is 43.5 Å². The van der Waals surface area contributed by atoms with Crippen LogP contribution in [0, 0.1) is 16.7 Å². The number of esters is 1. The maximum absolute atomic E-state index is 13.4. The lowest BCUT2D eigenvalue weighted by atomic mass is 9.51. The molecule has 0 aliphatic heterocycles. The first kappa shape index (κ1) is 31.1. The van der Waals surface area contributed by atoms with Crippen LogP contribution in [-0.2, 0) is 33.3 Å². The number of hydrogen-bond acceptors (Lipinski definition) is 7. The second kappa shape index (κ2) is 16.7. The van der Waals surface area contributed by atoms with Crippen molar-refractivity contribution in [2.45, 2.75) is 70.6 Å². The molecular weight excluding hydrogens is 468 g/mol. The molecule has 1 rings (SSSR count). The number of carboxylic acids is 2. The summed E-state index contributed by atoms with van der Waals surface area (Å²) in [6.45, 7) is 11.7. The number of aliphatic carboxylic acids is 2. The minimum Gasteiger partial charge on any atom is -0.502 e. The van der Waals surface area contributed by atoms with Gasteiger partial charge in [0.15, 0.2) is 5.41 Å². The van der Waals surface area contributed by atoms with E-state index in [9.17, 15) is 24.6 Å². The van der Waals surface area contributed by atoms with Gasteiger partial charge in [0.25, 0.3) is 0 Å². The van der Waals surface area contributed by atoms with Crippen molar-refractivity contribution in [3.8, 4) is 0 Å². The van der Waals surface area contributed by atoms with Gasteiger partial charge in [0.05, 0.1) is 50.6 Å². The number of carbonyl (C=O) groups is 3. The third kappa shape index (κ3) is 8.31. The number of rotatable bonds is 21. The molecule has 9 heteroatoms. The molecule has 204 valence electrons. The molecular formula is C27H42O9. The largest absolute Gasteiger partial charge is 0.502 e. The first-order valence-corrected chi connectivity index (χ1v) is 12.6. The van der Waals surface area contributed by atoms with Crippen LogP contribution < -0.4 is 0 Å². The van der Waals surface area contributed by atoms with Crippen LogP contribution in [0.1, 0.15) is 70.6 Å². The van der Waals surface area contributed by atoms with E-state index in [1.54, 1.807) is 0 Å². The Labute approximate surface area is 214 Å². The van der Waals surface area contributed by atoms with Gasteiger partial charge < -0.3 is 29.2 Å². The molecule has 0 aromatic carbocycles. The number of unbranched alkanes of at least 4 members (excludes halogenated alkanes) is 3. The van der Waals surface area contributed by atoms with E-state index >= 15 is 0 Å². The Morgan fingerprint density at radius 2 is 1.31 bits per heavy atom. The first-order valence-electron chi connectivity index (χ1n) is 12.6. The van der Waals surface area contributed by atoms with Crippen molar-refractivity contribution in [2.75, 3.05) is 26.4 Å². The quantitative estimate of drug-likeness (QED) is 0.0940. The summed E-state index contributed by atoms with van der Waals surface area (Å²) in [6, 6.07) is 0. The standard InChI is InChI=1S/C27H42O9/c1-4-33-17-9-7-13-22-14-16-27(24(30)31,25(32)36-20-12-11-19-35-6-3)26(21-22,23(28)29)15-8-10-18-34-5-2/h4-6,22H,1-3,7-21H2,(H,28,29)(H,30,31). The fourth-order valence-electron chi connectivity index (χ4n) is 5.12. The molecule has 0 aromatic rings. The van der Waals surface area contributed by atoms with Crippen molar-refractivity contribution in [3.63, 3.8) is 0 Å². The summed E-state index contributed by atoms with van der Waals surface area (Å²) in [6.07, 6.45) is 8.76. The Morgan fingerprint density at radius 3 is 1.83 bits per heavy atom. The van der Waals surface area contributed by atoms with E-state index in [-0.39, 0.29) is 31.8 Å². The smallest absolute Gasteiger partial charge is 0.324 e.